The molecular formula is C15H21NOS. The van der Waals surface area contributed by atoms with Crippen LogP contribution in [0.15, 0.2) is 18.2 Å². The fourth-order valence-corrected chi connectivity index (χ4v) is 3.64. The lowest BCUT2D eigenvalue weighted by Crippen LogP contribution is -2.20. The van der Waals surface area contributed by atoms with Gasteiger partial charge in [0.2, 0.25) is 5.91 Å². The minimum absolute atomic E-state index is 0.160. The predicted octanol–water partition coefficient (Wildman–Crippen LogP) is 3.78. The summed E-state index contributed by atoms with van der Waals surface area (Å²) in [4.78, 5) is 12.0. The van der Waals surface area contributed by atoms with Crippen LogP contribution in [0.3, 0.4) is 0 Å². The van der Waals surface area contributed by atoms with Gasteiger partial charge in [-0.05, 0) is 67.4 Å². The van der Waals surface area contributed by atoms with Crippen LogP contribution in [0.25, 0.3) is 0 Å². The molecule has 0 saturated carbocycles. The molecular weight excluding hydrogens is 242 g/mol. The quantitative estimate of drug-likeness (QED) is 0.899. The lowest BCUT2D eigenvalue weighted by Gasteiger charge is -2.20. The van der Waals surface area contributed by atoms with Gasteiger partial charge in [0.05, 0.1) is 0 Å². The molecule has 0 radical (unpaired) electrons. The average molecular weight is 263 g/mol. The SMILES string of the molecule is Cc1cc(C)cc(NC(=O)CC2CCCSC2)c1. The molecule has 0 spiro atoms. The number of carbonyl (C=O) groups is 1. The molecule has 1 N–H and O–H groups in total. The second-order valence-corrected chi connectivity index (χ2v) is 6.36. The average Bonchev–Trinajstić information content (AvgIpc) is 2.28. The molecule has 1 aliphatic heterocycles. The van der Waals surface area contributed by atoms with Crippen LogP contribution in [-0.4, -0.2) is 17.4 Å². The number of nitrogens with one attached hydrogen (secondary N) is 1. The van der Waals surface area contributed by atoms with Crippen molar-refractivity contribution in [1.29, 1.82) is 0 Å². The number of carbonyl (C=O) groups excluding carboxylic acids is 1. The zero-order valence-electron chi connectivity index (χ0n) is 11.2. The highest BCUT2D eigenvalue weighted by Gasteiger charge is 2.17. The highest BCUT2D eigenvalue weighted by Crippen LogP contribution is 2.25. The van der Waals surface area contributed by atoms with E-state index in [1.54, 1.807) is 0 Å². The van der Waals surface area contributed by atoms with E-state index in [9.17, 15) is 4.79 Å². The van der Waals surface area contributed by atoms with Gasteiger partial charge >= 0.3 is 0 Å². The van der Waals surface area contributed by atoms with Crippen LogP contribution in [0.1, 0.15) is 30.4 Å². The lowest BCUT2D eigenvalue weighted by atomic mass is 10.0. The van der Waals surface area contributed by atoms with E-state index in [4.69, 9.17) is 0 Å². The molecule has 0 bridgehead atoms. The van der Waals surface area contributed by atoms with Crippen LogP contribution in [-0.2, 0) is 4.79 Å². The zero-order valence-corrected chi connectivity index (χ0v) is 12.0. The number of aryl methyl sites for hydroxylation is 2. The van der Waals surface area contributed by atoms with E-state index < -0.39 is 0 Å². The summed E-state index contributed by atoms with van der Waals surface area (Å²) < 4.78 is 0. The first-order chi connectivity index (χ1) is 8.63. The molecule has 98 valence electrons. The van der Waals surface area contributed by atoms with E-state index in [0.29, 0.717) is 12.3 Å². The van der Waals surface area contributed by atoms with Crippen molar-refractivity contribution in [2.75, 3.05) is 16.8 Å². The third-order valence-electron chi connectivity index (χ3n) is 3.23. The van der Waals surface area contributed by atoms with Gasteiger partial charge in [0.1, 0.15) is 0 Å². The minimum atomic E-state index is 0.160. The first-order valence-corrected chi connectivity index (χ1v) is 7.75. The van der Waals surface area contributed by atoms with Crippen LogP contribution in [0.2, 0.25) is 0 Å². The molecule has 1 saturated heterocycles. The number of hydrogen-bond acceptors (Lipinski definition) is 2. The van der Waals surface area contributed by atoms with Crippen molar-refractivity contribution in [3.63, 3.8) is 0 Å². The standard InChI is InChI=1S/C15H21NOS/c1-11-6-12(2)8-14(7-11)16-15(17)9-13-4-3-5-18-10-13/h6-8,13H,3-5,9-10H2,1-2H3,(H,16,17). The monoisotopic (exact) mass is 263 g/mol. The normalized spacial score (nSPS) is 19.6. The highest BCUT2D eigenvalue weighted by molar-refractivity contribution is 7.99. The lowest BCUT2D eigenvalue weighted by molar-refractivity contribution is -0.117. The number of thioether (sulfide) groups is 1. The van der Waals surface area contributed by atoms with Gasteiger partial charge in [-0.3, -0.25) is 4.79 Å². The third-order valence-corrected chi connectivity index (χ3v) is 4.52. The number of benzene rings is 1. The van der Waals surface area contributed by atoms with Gasteiger partial charge in [-0.1, -0.05) is 6.07 Å². The van der Waals surface area contributed by atoms with Crippen LogP contribution >= 0.6 is 11.8 Å². The van der Waals surface area contributed by atoms with Gasteiger partial charge < -0.3 is 5.32 Å². The molecule has 1 unspecified atom stereocenters. The Morgan fingerprint density at radius 1 is 1.33 bits per heavy atom. The third kappa shape index (κ3) is 4.05. The number of amides is 1. The van der Waals surface area contributed by atoms with Gasteiger partial charge in [0.15, 0.2) is 0 Å². The summed E-state index contributed by atoms with van der Waals surface area (Å²) in [6.45, 7) is 4.11. The largest absolute Gasteiger partial charge is 0.326 e. The smallest absolute Gasteiger partial charge is 0.224 e. The summed E-state index contributed by atoms with van der Waals surface area (Å²) >= 11 is 1.98. The van der Waals surface area contributed by atoms with E-state index in [-0.39, 0.29) is 5.91 Å². The maximum absolute atomic E-state index is 12.0. The summed E-state index contributed by atoms with van der Waals surface area (Å²) in [5.41, 5.74) is 3.32. The fraction of sp³-hybridized carbons (Fsp3) is 0.533. The molecule has 1 aromatic rings. The minimum Gasteiger partial charge on any atom is -0.326 e. The molecule has 18 heavy (non-hydrogen) atoms. The molecule has 0 aliphatic carbocycles. The zero-order chi connectivity index (χ0) is 13.0. The fourth-order valence-electron chi connectivity index (χ4n) is 2.49. The van der Waals surface area contributed by atoms with Crippen molar-refractivity contribution in [1.82, 2.24) is 0 Å². The molecule has 1 aromatic carbocycles. The maximum atomic E-state index is 12.0. The van der Waals surface area contributed by atoms with Crippen LogP contribution in [0.4, 0.5) is 5.69 Å². The Kier molecular flexibility index (Phi) is 4.70. The Hall–Kier alpha value is -0.960. The summed E-state index contributed by atoms with van der Waals surface area (Å²) in [7, 11) is 0. The van der Waals surface area contributed by atoms with Crippen molar-refractivity contribution >= 4 is 23.4 Å². The Morgan fingerprint density at radius 2 is 2.06 bits per heavy atom. The molecule has 1 amide bonds. The molecule has 1 fully saturated rings. The second kappa shape index (κ2) is 6.28. The van der Waals surface area contributed by atoms with Crippen molar-refractivity contribution in [3.8, 4) is 0 Å². The molecule has 2 rings (SSSR count). The molecule has 3 heteroatoms. The van der Waals surface area contributed by atoms with Crippen LogP contribution in [0.5, 0.6) is 0 Å². The topological polar surface area (TPSA) is 29.1 Å². The van der Waals surface area contributed by atoms with E-state index in [2.05, 4.69) is 25.2 Å². The molecule has 1 aliphatic rings. The van der Waals surface area contributed by atoms with Crippen LogP contribution < -0.4 is 5.32 Å². The summed E-state index contributed by atoms with van der Waals surface area (Å²) in [5, 5.41) is 3.02. The van der Waals surface area contributed by atoms with Crippen molar-refractivity contribution in [3.05, 3.63) is 29.3 Å². The van der Waals surface area contributed by atoms with Crippen molar-refractivity contribution in [2.45, 2.75) is 33.1 Å². The Bertz CT molecular complexity index is 404. The number of hydrogen-bond donors (Lipinski definition) is 1. The number of anilines is 1. The Morgan fingerprint density at radius 3 is 2.67 bits per heavy atom. The van der Waals surface area contributed by atoms with Gasteiger partial charge in [-0.15, -0.1) is 0 Å². The van der Waals surface area contributed by atoms with E-state index in [1.165, 1.54) is 29.7 Å². The maximum Gasteiger partial charge on any atom is 0.224 e. The van der Waals surface area contributed by atoms with Crippen molar-refractivity contribution in [2.24, 2.45) is 5.92 Å². The summed E-state index contributed by atoms with van der Waals surface area (Å²) in [5.74, 6) is 3.12. The van der Waals surface area contributed by atoms with Gasteiger partial charge in [-0.25, -0.2) is 0 Å². The summed E-state index contributed by atoms with van der Waals surface area (Å²) in [6.07, 6.45) is 3.12. The van der Waals surface area contributed by atoms with Crippen molar-refractivity contribution < 1.29 is 4.79 Å². The Labute approximate surface area is 114 Å². The number of rotatable bonds is 3. The summed E-state index contributed by atoms with van der Waals surface area (Å²) in [6, 6.07) is 6.18. The second-order valence-electron chi connectivity index (χ2n) is 5.21. The van der Waals surface area contributed by atoms with E-state index in [1.807, 2.05) is 23.9 Å². The first kappa shape index (κ1) is 13.5. The van der Waals surface area contributed by atoms with Gasteiger partial charge in [-0.2, -0.15) is 11.8 Å². The Balaban J connectivity index is 1.89. The highest BCUT2D eigenvalue weighted by atomic mass is 32.2. The van der Waals surface area contributed by atoms with E-state index >= 15 is 0 Å². The molecule has 1 heterocycles. The molecule has 1 atom stereocenters. The van der Waals surface area contributed by atoms with Crippen LogP contribution in [0, 0.1) is 19.8 Å². The first-order valence-electron chi connectivity index (χ1n) is 6.59. The molecule has 2 nitrogen and oxygen atoms in total. The predicted molar refractivity (Wildman–Crippen MR) is 79.2 cm³/mol. The van der Waals surface area contributed by atoms with E-state index in [0.717, 1.165) is 11.4 Å². The van der Waals surface area contributed by atoms with Gasteiger partial charge in [0.25, 0.3) is 0 Å². The molecule has 0 aromatic heterocycles. The van der Waals surface area contributed by atoms with Gasteiger partial charge in [0, 0.05) is 12.1 Å².